The van der Waals surface area contributed by atoms with E-state index >= 15 is 0 Å². The van der Waals surface area contributed by atoms with Crippen molar-refractivity contribution in [1.82, 2.24) is 15.1 Å². The molecule has 3 rings (SSSR count). The van der Waals surface area contributed by atoms with Crippen molar-refractivity contribution >= 4 is 11.7 Å². The van der Waals surface area contributed by atoms with E-state index in [1.165, 1.54) is 12.8 Å². The third-order valence-electron chi connectivity index (χ3n) is 4.79. The van der Waals surface area contributed by atoms with Crippen LogP contribution in [-0.2, 0) is 16.1 Å². The Morgan fingerprint density at radius 3 is 3.09 bits per heavy atom. The number of aryl methyl sites for hydroxylation is 1. The van der Waals surface area contributed by atoms with Gasteiger partial charge in [-0.2, -0.15) is 5.10 Å². The Morgan fingerprint density at radius 1 is 1.50 bits per heavy atom. The van der Waals surface area contributed by atoms with Gasteiger partial charge in [-0.1, -0.05) is 0 Å². The summed E-state index contributed by atoms with van der Waals surface area (Å²) in [6, 6.07) is 1.87. The van der Waals surface area contributed by atoms with Gasteiger partial charge in [0, 0.05) is 38.4 Å². The summed E-state index contributed by atoms with van der Waals surface area (Å²) in [5.74, 6) is 2.32. The number of methoxy groups -OCH3 is 1. The minimum atomic E-state index is 0.144. The van der Waals surface area contributed by atoms with Crippen LogP contribution in [0.15, 0.2) is 12.3 Å². The molecule has 1 aromatic heterocycles. The van der Waals surface area contributed by atoms with Gasteiger partial charge in [-0.25, -0.2) is 0 Å². The first-order valence-electron chi connectivity index (χ1n) is 8.32. The normalized spacial score (nSPS) is 25.1. The van der Waals surface area contributed by atoms with Gasteiger partial charge in [-0.05, 0) is 50.6 Å². The zero-order valence-electron chi connectivity index (χ0n) is 13.3. The first-order valence-corrected chi connectivity index (χ1v) is 8.32. The molecule has 2 N–H and O–H groups in total. The highest BCUT2D eigenvalue weighted by molar-refractivity contribution is 5.93. The van der Waals surface area contributed by atoms with E-state index in [4.69, 9.17) is 4.74 Å². The summed E-state index contributed by atoms with van der Waals surface area (Å²) in [6.07, 6.45) is 6.30. The van der Waals surface area contributed by atoms with Crippen LogP contribution in [0, 0.1) is 17.8 Å². The van der Waals surface area contributed by atoms with Crippen LogP contribution < -0.4 is 10.6 Å². The molecule has 1 saturated carbocycles. The molecule has 2 atom stereocenters. The van der Waals surface area contributed by atoms with Crippen LogP contribution in [0.4, 0.5) is 5.82 Å². The van der Waals surface area contributed by atoms with Crippen molar-refractivity contribution in [3.05, 3.63) is 12.3 Å². The summed E-state index contributed by atoms with van der Waals surface area (Å²) < 4.78 is 6.88. The molecule has 2 heterocycles. The van der Waals surface area contributed by atoms with E-state index in [9.17, 15) is 4.79 Å². The first-order chi connectivity index (χ1) is 10.8. The second-order valence-electron chi connectivity index (χ2n) is 6.39. The minimum absolute atomic E-state index is 0.144. The number of hydrogen-bond acceptors (Lipinski definition) is 4. The number of rotatable bonds is 7. The summed E-state index contributed by atoms with van der Waals surface area (Å²) >= 11 is 0. The monoisotopic (exact) mass is 306 g/mol. The van der Waals surface area contributed by atoms with Crippen molar-refractivity contribution in [2.75, 3.05) is 32.1 Å². The molecule has 2 fully saturated rings. The van der Waals surface area contributed by atoms with Crippen molar-refractivity contribution in [2.24, 2.45) is 17.8 Å². The third kappa shape index (κ3) is 3.87. The van der Waals surface area contributed by atoms with Crippen molar-refractivity contribution in [2.45, 2.75) is 32.2 Å². The molecule has 0 unspecified atom stereocenters. The number of nitrogens with zero attached hydrogens (tertiary/aromatic N) is 2. The Balaban J connectivity index is 1.44. The molecule has 1 aliphatic carbocycles. The smallest absolute Gasteiger partial charge is 0.228 e. The number of carbonyl (C=O) groups excluding carboxylic acids is 1. The molecular weight excluding hydrogens is 280 g/mol. The predicted octanol–water partition coefficient (Wildman–Crippen LogP) is 1.49. The highest BCUT2D eigenvalue weighted by atomic mass is 16.5. The Bertz CT molecular complexity index is 496. The number of amides is 1. The van der Waals surface area contributed by atoms with Gasteiger partial charge < -0.3 is 15.4 Å². The number of ether oxygens (including phenoxy) is 1. The van der Waals surface area contributed by atoms with Gasteiger partial charge in [0.05, 0.1) is 0 Å². The molecule has 1 aromatic rings. The van der Waals surface area contributed by atoms with Gasteiger partial charge in [0.1, 0.15) is 0 Å². The van der Waals surface area contributed by atoms with Crippen LogP contribution >= 0.6 is 0 Å². The van der Waals surface area contributed by atoms with Gasteiger partial charge in [0.2, 0.25) is 5.91 Å². The lowest BCUT2D eigenvalue weighted by atomic mass is 9.92. The average Bonchev–Trinajstić information content (AvgIpc) is 3.23. The number of nitrogens with one attached hydrogen (secondary N) is 2. The molecule has 0 spiro atoms. The topological polar surface area (TPSA) is 68.2 Å². The van der Waals surface area contributed by atoms with Crippen molar-refractivity contribution in [3.63, 3.8) is 0 Å². The summed E-state index contributed by atoms with van der Waals surface area (Å²) in [6.45, 7) is 3.73. The highest BCUT2D eigenvalue weighted by Crippen LogP contribution is 2.47. The summed E-state index contributed by atoms with van der Waals surface area (Å²) in [4.78, 5) is 12.3. The maximum Gasteiger partial charge on any atom is 0.228 e. The Hall–Kier alpha value is -1.40. The molecule has 6 heteroatoms. The molecule has 122 valence electrons. The molecule has 1 amide bonds. The predicted molar refractivity (Wildman–Crippen MR) is 84.5 cm³/mol. The van der Waals surface area contributed by atoms with Crippen molar-refractivity contribution in [1.29, 1.82) is 0 Å². The fourth-order valence-corrected chi connectivity index (χ4v) is 3.45. The summed E-state index contributed by atoms with van der Waals surface area (Å²) in [5, 5.41) is 10.7. The van der Waals surface area contributed by atoms with E-state index < -0.39 is 0 Å². The molecule has 22 heavy (non-hydrogen) atoms. The Morgan fingerprint density at radius 2 is 2.32 bits per heavy atom. The molecule has 1 saturated heterocycles. The number of piperidine rings is 1. The fourth-order valence-electron chi connectivity index (χ4n) is 3.45. The van der Waals surface area contributed by atoms with Gasteiger partial charge in [0.25, 0.3) is 0 Å². The SMILES string of the molecule is COCCCn1ccc(NC(=O)[C@@H]2C[C@H]2C2CCNCC2)n1. The van der Waals surface area contributed by atoms with Crippen LogP contribution in [0.5, 0.6) is 0 Å². The standard InChI is InChI=1S/C16H26N4O2/c1-22-10-2-8-20-9-5-15(19-20)18-16(21)14-11-13(14)12-3-6-17-7-4-12/h5,9,12-14,17H,2-4,6-8,10-11H2,1H3,(H,18,19,21)/t13-,14+/m0/s1. The van der Waals surface area contributed by atoms with E-state index in [1.54, 1.807) is 7.11 Å². The molecule has 6 nitrogen and oxygen atoms in total. The van der Waals surface area contributed by atoms with Crippen LogP contribution in [0.1, 0.15) is 25.7 Å². The lowest BCUT2D eigenvalue weighted by molar-refractivity contribution is -0.117. The number of hydrogen-bond donors (Lipinski definition) is 2. The van der Waals surface area contributed by atoms with E-state index in [1.807, 2.05) is 16.9 Å². The van der Waals surface area contributed by atoms with Gasteiger partial charge in [0.15, 0.2) is 5.82 Å². The lowest BCUT2D eigenvalue weighted by Gasteiger charge is -2.22. The molecule has 1 aliphatic heterocycles. The molecule has 0 bridgehead atoms. The number of anilines is 1. The summed E-state index contributed by atoms with van der Waals surface area (Å²) in [7, 11) is 1.70. The largest absolute Gasteiger partial charge is 0.385 e. The van der Waals surface area contributed by atoms with E-state index in [2.05, 4.69) is 15.7 Å². The second-order valence-corrected chi connectivity index (χ2v) is 6.39. The van der Waals surface area contributed by atoms with Crippen molar-refractivity contribution < 1.29 is 9.53 Å². The lowest BCUT2D eigenvalue weighted by Crippen LogP contribution is -2.29. The van der Waals surface area contributed by atoms with E-state index in [-0.39, 0.29) is 11.8 Å². The number of aromatic nitrogens is 2. The van der Waals surface area contributed by atoms with Gasteiger partial charge in [-0.3, -0.25) is 9.48 Å². The maximum atomic E-state index is 12.3. The second kappa shape index (κ2) is 7.24. The first kappa shape index (κ1) is 15.5. The quantitative estimate of drug-likeness (QED) is 0.749. The van der Waals surface area contributed by atoms with Crippen LogP contribution in [0.25, 0.3) is 0 Å². The van der Waals surface area contributed by atoms with Crippen LogP contribution in [0.3, 0.4) is 0 Å². The minimum Gasteiger partial charge on any atom is -0.385 e. The van der Waals surface area contributed by atoms with Gasteiger partial charge in [-0.15, -0.1) is 0 Å². The van der Waals surface area contributed by atoms with E-state index in [0.717, 1.165) is 45.0 Å². The molecule has 0 radical (unpaired) electrons. The fraction of sp³-hybridized carbons (Fsp3) is 0.750. The summed E-state index contributed by atoms with van der Waals surface area (Å²) in [5.41, 5.74) is 0. The molecule has 0 aromatic carbocycles. The van der Waals surface area contributed by atoms with Gasteiger partial charge >= 0.3 is 0 Å². The van der Waals surface area contributed by atoms with Crippen LogP contribution in [0.2, 0.25) is 0 Å². The van der Waals surface area contributed by atoms with Crippen molar-refractivity contribution in [3.8, 4) is 0 Å². The molecule has 2 aliphatic rings. The van der Waals surface area contributed by atoms with Crippen LogP contribution in [-0.4, -0.2) is 42.5 Å². The maximum absolute atomic E-state index is 12.3. The number of carbonyl (C=O) groups is 1. The highest BCUT2D eigenvalue weighted by Gasteiger charge is 2.47. The third-order valence-corrected chi connectivity index (χ3v) is 4.79. The zero-order valence-corrected chi connectivity index (χ0v) is 13.3. The Kier molecular flexibility index (Phi) is 5.10. The average molecular weight is 306 g/mol. The van der Waals surface area contributed by atoms with E-state index in [0.29, 0.717) is 11.7 Å². The zero-order chi connectivity index (χ0) is 15.4. The molecular formula is C16H26N4O2. The Labute approximate surface area is 131 Å².